The van der Waals surface area contributed by atoms with Gasteiger partial charge in [-0.2, -0.15) is 13.2 Å². The molecule has 4 aromatic rings. The predicted octanol–water partition coefficient (Wildman–Crippen LogP) is 5.74. The Morgan fingerprint density at radius 3 is 2.48 bits per heavy atom. The fourth-order valence-corrected chi connectivity index (χ4v) is 4.08. The minimum absolute atomic E-state index is 0.0439. The van der Waals surface area contributed by atoms with E-state index in [1.54, 1.807) is 18.3 Å². The van der Waals surface area contributed by atoms with E-state index in [2.05, 4.69) is 4.98 Å². The van der Waals surface area contributed by atoms with Crippen molar-refractivity contribution in [2.45, 2.75) is 12.6 Å². The molecule has 2 heterocycles. The van der Waals surface area contributed by atoms with Crippen molar-refractivity contribution in [1.29, 1.82) is 5.41 Å². The minimum atomic E-state index is -4.56. The average Bonchev–Trinajstić information content (AvgIpc) is 2.79. The Morgan fingerprint density at radius 1 is 0.970 bits per heavy atom. The zero-order valence-corrected chi connectivity index (χ0v) is 17.1. The summed E-state index contributed by atoms with van der Waals surface area (Å²) in [7, 11) is 0. The SMILES string of the molecule is N=C1Cc2cnc3ccc(-c4cccc(N)c4)cc3c2N(c2cccc(C(F)(F)F)c2)C1=O. The first-order chi connectivity index (χ1) is 15.7. The third kappa shape index (κ3) is 3.59. The van der Waals surface area contributed by atoms with Crippen LogP contribution in [0.3, 0.4) is 0 Å². The zero-order valence-electron chi connectivity index (χ0n) is 17.1. The van der Waals surface area contributed by atoms with E-state index in [1.807, 2.05) is 30.3 Å². The number of fused-ring (bicyclic) bond motifs is 3. The fraction of sp³-hybridized carbons (Fsp3) is 0.0800. The number of nitrogens with two attached hydrogens (primary N) is 1. The summed E-state index contributed by atoms with van der Waals surface area (Å²) in [6, 6.07) is 17.4. The number of anilines is 3. The second-order valence-electron chi connectivity index (χ2n) is 7.83. The maximum absolute atomic E-state index is 13.4. The third-order valence-electron chi connectivity index (χ3n) is 5.62. The molecular formula is C25H17F3N4O. The number of amides is 1. The van der Waals surface area contributed by atoms with Crippen molar-refractivity contribution in [3.05, 3.63) is 84.1 Å². The molecule has 0 radical (unpaired) electrons. The van der Waals surface area contributed by atoms with Crippen LogP contribution in [0, 0.1) is 5.41 Å². The van der Waals surface area contributed by atoms with Crippen molar-refractivity contribution < 1.29 is 18.0 Å². The van der Waals surface area contributed by atoms with E-state index in [1.165, 1.54) is 17.0 Å². The van der Waals surface area contributed by atoms with Crippen molar-refractivity contribution in [2.24, 2.45) is 0 Å². The Morgan fingerprint density at radius 2 is 1.73 bits per heavy atom. The Balaban J connectivity index is 1.76. The molecule has 1 aromatic heterocycles. The van der Waals surface area contributed by atoms with Gasteiger partial charge in [-0.25, -0.2) is 0 Å². The molecule has 0 spiro atoms. The number of alkyl halides is 3. The molecule has 5 nitrogen and oxygen atoms in total. The number of hydrogen-bond acceptors (Lipinski definition) is 4. The lowest BCUT2D eigenvalue weighted by Gasteiger charge is -2.31. The predicted molar refractivity (Wildman–Crippen MR) is 122 cm³/mol. The third-order valence-corrected chi connectivity index (χ3v) is 5.62. The molecule has 164 valence electrons. The number of nitrogen functional groups attached to an aromatic ring is 1. The maximum atomic E-state index is 13.4. The van der Waals surface area contributed by atoms with Crippen LogP contribution in [0.15, 0.2) is 72.9 Å². The largest absolute Gasteiger partial charge is 0.416 e. The van der Waals surface area contributed by atoms with Crippen LogP contribution >= 0.6 is 0 Å². The Labute approximate surface area is 186 Å². The van der Waals surface area contributed by atoms with Crippen LogP contribution < -0.4 is 10.6 Å². The Kier molecular flexibility index (Phi) is 4.67. The van der Waals surface area contributed by atoms with Crippen LogP contribution in [-0.4, -0.2) is 16.6 Å². The van der Waals surface area contributed by atoms with Crippen LogP contribution in [0.4, 0.5) is 30.2 Å². The highest BCUT2D eigenvalue weighted by molar-refractivity contribution is 6.46. The van der Waals surface area contributed by atoms with Crippen molar-refractivity contribution in [3.63, 3.8) is 0 Å². The summed E-state index contributed by atoms with van der Waals surface area (Å²) in [5.74, 6) is -0.663. The summed E-state index contributed by atoms with van der Waals surface area (Å²) in [5.41, 5.74) is 8.76. The van der Waals surface area contributed by atoms with Crippen LogP contribution in [0.1, 0.15) is 11.1 Å². The number of carbonyl (C=O) groups is 1. The molecule has 0 saturated carbocycles. The summed E-state index contributed by atoms with van der Waals surface area (Å²) < 4.78 is 40.1. The maximum Gasteiger partial charge on any atom is 0.416 e. The van der Waals surface area contributed by atoms with Crippen molar-refractivity contribution in [1.82, 2.24) is 4.98 Å². The summed E-state index contributed by atoms with van der Waals surface area (Å²) in [5, 5.41) is 8.74. The standard InChI is InChI=1S/C25H17F3N4O/c26-25(27,28)17-4-2-6-19(12-17)32-23-16(11-21(30)24(32)33)13-31-22-8-7-15(10-20(22)23)14-3-1-5-18(29)9-14/h1-10,12-13,30H,11,29H2. The summed E-state index contributed by atoms with van der Waals surface area (Å²) >= 11 is 0. The molecule has 0 atom stereocenters. The molecular weight excluding hydrogens is 429 g/mol. The smallest absolute Gasteiger partial charge is 0.399 e. The second-order valence-corrected chi connectivity index (χ2v) is 7.83. The molecule has 1 aliphatic heterocycles. The summed E-state index contributed by atoms with van der Waals surface area (Å²) in [6.45, 7) is 0. The lowest BCUT2D eigenvalue weighted by atomic mass is 9.95. The zero-order chi connectivity index (χ0) is 23.3. The van der Waals surface area contributed by atoms with E-state index in [9.17, 15) is 18.0 Å². The summed E-state index contributed by atoms with van der Waals surface area (Å²) in [4.78, 5) is 18.7. The van der Waals surface area contributed by atoms with Gasteiger partial charge in [0.1, 0.15) is 5.71 Å². The van der Waals surface area contributed by atoms with Gasteiger partial charge < -0.3 is 5.73 Å². The van der Waals surface area contributed by atoms with Gasteiger partial charge in [-0.3, -0.25) is 20.1 Å². The van der Waals surface area contributed by atoms with Gasteiger partial charge in [-0.1, -0.05) is 24.3 Å². The van der Waals surface area contributed by atoms with Gasteiger partial charge in [0.25, 0.3) is 5.91 Å². The molecule has 5 rings (SSSR count). The van der Waals surface area contributed by atoms with Gasteiger partial charge >= 0.3 is 6.18 Å². The first-order valence-electron chi connectivity index (χ1n) is 10.1. The van der Waals surface area contributed by atoms with Crippen molar-refractivity contribution >= 4 is 39.6 Å². The molecule has 1 amide bonds. The number of rotatable bonds is 2. The number of hydrogen-bond donors (Lipinski definition) is 2. The van der Waals surface area contributed by atoms with E-state index < -0.39 is 17.6 Å². The van der Waals surface area contributed by atoms with E-state index in [4.69, 9.17) is 11.1 Å². The number of halogens is 3. The molecule has 0 fully saturated rings. The first kappa shape index (κ1) is 20.7. The van der Waals surface area contributed by atoms with Crippen LogP contribution in [0.25, 0.3) is 22.0 Å². The summed E-state index contributed by atoms with van der Waals surface area (Å²) in [6.07, 6.45) is -2.94. The molecule has 1 aliphatic rings. The van der Waals surface area contributed by atoms with Crippen LogP contribution in [0.2, 0.25) is 0 Å². The molecule has 0 bridgehead atoms. The highest BCUT2D eigenvalue weighted by atomic mass is 19.4. The molecule has 3 N–H and O–H groups in total. The van der Waals surface area contributed by atoms with Crippen LogP contribution in [-0.2, 0) is 17.4 Å². The van der Waals surface area contributed by atoms with Gasteiger partial charge in [0.15, 0.2) is 0 Å². The normalized spacial score (nSPS) is 14.0. The van der Waals surface area contributed by atoms with Gasteiger partial charge in [0.2, 0.25) is 0 Å². The quantitative estimate of drug-likeness (QED) is 0.385. The lowest BCUT2D eigenvalue weighted by molar-refractivity contribution is -0.137. The average molecular weight is 446 g/mol. The number of aromatic nitrogens is 1. The van der Waals surface area contributed by atoms with E-state index in [0.717, 1.165) is 23.3 Å². The van der Waals surface area contributed by atoms with Gasteiger partial charge in [-0.15, -0.1) is 0 Å². The van der Waals surface area contributed by atoms with Crippen molar-refractivity contribution in [2.75, 3.05) is 10.6 Å². The topological polar surface area (TPSA) is 83.1 Å². The minimum Gasteiger partial charge on any atom is -0.399 e. The number of nitrogens with one attached hydrogen (secondary N) is 1. The van der Waals surface area contributed by atoms with E-state index in [0.29, 0.717) is 27.8 Å². The lowest BCUT2D eigenvalue weighted by Crippen LogP contribution is -2.38. The Hall–Kier alpha value is -4.20. The molecule has 8 heteroatoms. The van der Waals surface area contributed by atoms with Crippen molar-refractivity contribution in [3.8, 4) is 11.1 Å². The highest BCUT2D eigenvalue weighted by Crippen LogP contribution is 2.41. The first-order valence-corrected chi connectivity index (χ1v) is 10.1. The Bertz CT molecular complexity index is 1450. The molecule has 33 heavy (non-hydrogen) atoms. The van der Waals surface area contributed by atoms with E-state index >= 15 is 0 Å². The molecule has 3 aromatic carbocycles. The monoisotopic (exact) mass is 446 g/mol. The van der Waals surface area contributed by atoms with Gasteiger partial charge in [0, 0.05) is 34.9 Å². The van der Waals surface area contributed by atoms with E-state index in [-0.39, 0.29) is 17.8 Å². The molecule has 0 aliphatic carbocycles. The number of pyridine rings is 1. The fourth-order valence-electron chi connectivity index (χ4n) is 4.08. The number of nitrogens with zero attached hydrogens (tertiary/aromatic N) is 2. The number of carbonyl (C=O) groups excluding carboxylic acids is 1. The molecule has 0 unspecified atom stereocenters. The van der Waals surface area contributed by atoms with Gasteiger partial charge in [-0.05, 0) is 53.6 Å². The number of benzene rings is 3. The van der Waals surface area contributed by atoms with Crippen LogP contribution in [0.5, 0.6) is 0 Å². The highest BCUT2D eigenvalue weighted by Gasteiger charge is 2.35. The molecule has 0 saturated heterocycles. The second kappa shape index (κ2) is 7.44. The van der Waals surface area contributed by atoms with Gasteiger partial charge in [0.05, 0.1) is 16.8 Å².